The molecule has 10 nitrogen and oxygen atoms in total. The first-order chi connectivity index (χ1) is 20.0. The van der Waals surface area contributed by atoms with Crippen molar-refractivity contribution in [3.63, 3.8) is 0 Å². The number of halogens is 3. The Bertz CT molecular complexity index is 1600. The number of ether oxygens (including phenoxy) is 1. The van der Waals surface area contributed by atoms with Crippen LogP contribution in [0, 0.1) is 11.3 Å². The maximum Gasteiger partial charge on any atom is 0.387 e. The molecule has 0 aliphatic carbocycles. The van der Waals surface area contributed by atoms with Crippen molar-refractivity contribution in [1.29, 1.82) is 5.26 Å². The summed E-state index contributed by atoms with van der Waals surface area (Å²) in [4.78, 5) is 43.8. The van der Waals surface area contributed by atoms with Gasteiger partial charge < -0.3 is 19.9 Å². The maximum atomic E-state index is 14.0. The highest BCUT2D eigenvalue weighted by Crippen LogP contribution is 2.36. The van der Waals surface area contributed by atoms with Crippen molar-refractivity contribution in [1.82, 2.24) is 24.9 Å². The summed E-state index contributed by atoms with van der Waals surface area (Å²) in [5.41, 5.74) is 2.51. The number of nitrogens with zero attached hydrogens (tertiary/aromatic N) is 5. The fourth-order valence-electron chi connectivity index (χ4n) is 5.48. The van der Waals surface area contributed by atoms with Gasteiger partial charge >= 0.3 is 6.61 Å². The first-order valence-electron chi connectivity index (χ1n) is 13.2. The second kappa shape index (κ2) is 11.4. The number of benzene rings is 2. The molecule has 0 spiro atoms. The van der Waals surface area contributed by atoms with Crippen LogP contribution in [0.15, 0.2) is 42.5 Å². The van der Waals surface area contributed by atoms with E-state index in [0.717, 1.165) is 0 Å². The number of hydrogen-bond donors (Lipinski definition) is 1. The summed E-state index contributed by atoms with van der Waals surface area (Å²) in [6.45, 7) is 0.796. The van der Waals surface area contributed by atoms with E-state index in [-0.39, 0.29) is 64.4 Å². The van der Waals surface area contributed by atoms with Crippen LogP contribution in [0.2, 0.25) is 5.02 Å². The van der Waals surface area contributed by atoms with Crippen molar-refractivity contribution in [2.45, 2.75) is 51.6 Å². The van der Waals surface area contributed by atoms with Crippen molar-refractivity contribution < 1.29 is 27.9 Å². The lowest BCUT2D eigenvalue weighted by molar-refractivity contribution is -0.125. The van der Waals surface area contributed by atoms with E-state index in [9.17, 15) is 28.4 Å². The molecule has 42 heavy (non-hydrogen) atoms. The third-order valence-corrected chi connectivity index (χ3v) is 8.10. The summed E-state index contributed by atoms with van der Waals surface area (Å²) >= 11 is 6.06. The third-order valence-electron chi connectivity index (χ3n) is 7.77. The molecule has 2 aliphatic rings. The number of fused-ring (bicyclic) bond motifs is 3. The van der Waals surface area contributed by atoms with Crippen LogP contribution in [-0.2, 0) is 17.8 Å². The zero-order valence-electron chi connectivity index (χ0n) is 23.0. The number of rotatable bonds is 6. The molecule has 5 rings (SSSR count). The minimum Gasteiger partial charge on any atom is -0.435 e. The second-order valence-corrected chi connectivity index (χ2v) is 10.6. The van der Waals surface area contributed by atoms with E-state index >= 15 is 0 Å². The fourth-order valence-corrected chi connectivity index (χ4v) is 5.64. The molecule has 1 N–H and O–H groups in total. The lowest BCUT2D eigenvalue weighted by Crippen LogP contribution is -2.49. The molecule has 2 aromatic carbocycles. The zero-order valence-corrected chi connectivity index (χ0v) is 23.7. The first-order valence-corrected chi connectivity index (χ1v) is 13.6. The van der Waals surface area contributed by atoms with E-state index in [2.05, 4.69) is 15.2 Å². The van der Waals surface area contributed by atoms with Crippen LogP contribution in [0.5, 0.6) is 5.75 Å². The molecule has 218 valence electrons. The normalized spacial score (nSPS) is 18.7. The Balaban J connectivity index is 1.50. The molecule has 0 saturated heterocycles. The second-order valence-electron chi connectivity index (χ2n) is 10.2. The lowest BCUT2D eigenvalue weighted by atomic mass is 9.96. The maximum absolute atomic E-state index is 14.0. The molecule has 13 heteroatoms. The zero-order chi connectivity index (χ0) is 30.3. The molecule has 3 aromatic rings. The van der Waals surface area contributed by atoms with Gasteiger partial charge in [-0.05, 0) is 49.7 Å². The number of alkyl halides is 2. The average Bonchev–Trinajstić information content (AvgIpc) is 3.34. The third kappa shape index (κ3) is 5.16. The molecule has 3 heterocycles. The Labute approximate surface area is 245 Å². The molecule has 0 fully saturated rings. The SMILES string of the molecule is CNC(=O)[C@@H]1CN([C@@H](C)c2ccc(OC(F)F)cc2)C(=O)c2c3c(nn21)C[C@@H](C)N(C(=O)c1ccc(Cl)c(C#N)c1)C3. The van der Waals surface area contributed by atoms with Crippen molar-refractivity contribution in [3.8, 4) is 11.8 Å². The van der Waals surface area contributed by atoms with Gasteiger partial charge in [0, 0.05) is 30.6 Å². The van der Waals surface area contributed by atoms with E-state index < -0.39 is 18.7 Å². The van der Waals surface area contributed by atoms with Crippen LogP contribution >= 0.6 is 11.6 Å². The van der Waals surface area contributed by atoms with Crippen molar-refractivity contribution >= 4 is 29.3 Å². The summed E-state index contributed by atoms with van der Waals surface area (Å²) in [5, 5.41) is 16.9. The van der Waals surface area contributed by atoms with Crippen LogP contribution in [0.4, 0.5) is 8.78 Å². The van der Waals surface area contributed by atoms with Crippen LogP contribution in [0.3, 0.4) is 0 Å². The van der Waals surface area contributed by atoms with Gasteiger partial charge in [0.25, 0.3) is 11.8 Å². The lowest BCUT2D eigenvalue weighted by Gasteiger charge is -2.38. The monoisotopic (exact) mass is 596 g/mol. The van der Waals surface area contributed by atoms with E-state index in [1.165, 1.54) is 36.0 Å². The summed E-state index contributed by atoms with van der Waals surface area (Å²) in [6, 6.07) is 10.8. The molecule has 2 aliphatic heterocycles. The van der Waals surface area contributed by atoms with Crippen molar-refractivity contribution in [3.05, 3.63) is 81.1 Å². The molecule has 0 bridgehead atoms. The molecule has 0 radical (unpaired) electrons. The fraction of sp³-hybridized carbons (Fsp3) is 0.345. The molecule has 0 unspecified atom stereocenters. The molecule has 0 saturated carbocycles. The number of hydrogen-bond acceptors (Lipinski definition) is 6. The number of carbonyl (C=O) groups excluding carboxylic acids is 3. The topological polar surface area (TPSA) is 121 Å². The number of amides is 3. The van der Waals surface area contributed by atoms with Gasteiger partial charge in [-0.2, -0.15) is 19.1 Å². The van der Waals surface area contributed by atoms with E-state index in [0.29, 0.717) is 23.2 Å². The number of aromatic nitrogens is 2. The highest BCUT2D eigenvalue weighted by Gasteiger charge is 2.43. The Hall–Kier alpha value is -4.50. The smallest absolute Gasteiger partial charge is 0.387 e. The first kappa shape index (κ1) is 29.0. The van der Waals surface area contributed by atoms with Crippen molar-refractivity contribution in [2.75, 3.05) is 13.6 Å². The Kier molecular flexibility index (Phi) is 7.88. The highest BCUT2D eigenvalue weighted by atomic mass is 35.5. The number of nitrogens with one attached hydrogen (secondary N) is 1. The standard InChI is InChI=1S/C29H27ClF2N6O4/c1-15-10-23-21(13-36(15)27(40)18-6-9-22(30)19(11-18)12-33)25-28(41)37(14-24(26(39)34-3)38(25)35-23)16(2)17-4-7-20(8-5-17)42-29(31)32/h4-9,11,15-16,24,29H,10,13-14H2,1-3H3,(H,34,39)/t15-,16+,24+/m1/s1. The minimum absolute atomic E-state index is 0.0113. The number of likely N-dealkylation sites (N-methyl/N-ethyl adjacent to an activating group) is 1. The minimum atomic E-state index is -2.96. The van der Waals surface area contributed by atoms with Gasteiger partial charge in [0.2, 0.25) is 5.91 Å². The van der Waals surface area contributed by atoms with Crippen LogP contribution in [-0.4, -0.2) is 63.5 Å². The number of carbonyl (C=O) groups is 3. The Morgan fingerprint density at radius 1 is 1.21 bits per heavy atom. The van der Waals surface area contributed by atoms with Gasteiger partial charge in [-0.15, -0.1) is 0 Å². The van der Waals surface area contributed by atoms with Gasteiger partial charge in [0.15, 0.2) is 0 Å². The summed E-state index contributed by atoms with van der Waals surface area (Å²) in [7, 11) is 1.50. The molecular weight excluding hydrogens is 570 g/mol. The van der Waals surface area contributed by atoms with E-state index in [1.54, 1.807) is 34.9 Å². The Morgan fingerprint density at radius 3 is 2.57 bits per heavy atom. The quantitative estimate of drug-likeness (QED) is 0.457. The van der Waals surface area contributed by atoms with E-state index in [4.69, 9.17) is 11.6 Å². The van der Waals surface area contributed by atoms with Crippen LogP contribution < -0.4 is 10.1 Å². The summed E-state index contributed by atoms with van der Waals surface area (Å²) in [5.74, 6) is -1.05. The summed E-state index contributed by atoms with van der Waals surface area (Å²) < 4.78 is 31.1. The van der Waals surface area contributed by atoms with Crippen LogP contribution in [0.1, 0.15) is 69.2 Å². The van der Waals surface area contributed by atoms with E-state index in [1.807, 2.05) is 13.0 Å². The molecule has 3 atom stereocenters. The molecular formula is C29H27ClF2N6O4. The molecule has 3 amide bonds. The predicted octanol–water partition coefficient (Wildman–Crippen LogP) is 4.10. The van der Waals surface area contributed by atoms with Gasteiger partial charge in [-0.3, -0.25) is 14.4 Å². The summed E-state index contributed by atoms with van der Waals surface area (Å²) in [6.07, 6.45) is 0.356. The number of nitriles is 1. The predicted molar refractivity (Wildman–Crippen MR) is 147 cm³/mol. The Morgan fingerprint density at radius 2 is 1.93 bits per heavy atom. The van der Waals surface area contributed by atoms with Crippen LogP contribution in [0.25, 0.3) is 0 Å². The van der Waals surface area contributed by atoms with Crippen molar-refractivity contribution in [2.24, 2.45) is 0 Å². The highest BCUT2D eigenvalue weighted by molar-refractivity contribution is 6.31. The van der Waals surface area contributed by atoms with Gasteiger partial charge in [-0.1, -0.05) is 23.7 Å². The van der Waals surface area contributed by atoms with Gasteiger partial charge in [0.05, 0.1) is 35.4 Å². The molecule has 1 aromatic heterocycles. The van der Waals surface area contributed by atoms with Gasteiger partial charge in [-0.25, -0.2) is 4.68 Å². The average molecular weight is 597 g/mol. The van der Waals surface area contributed by atoms with Gasteiger partial charge in [0.1, 0.15) is 23.6 Å². The largest absolute Gasteiger partial charge is 0.435 e.